The third-order valence-electron chi connectivity index (χ3n) is 4.88. The number of thioether (sulfide) groups is 1. The molecule has 0 bridgehead atoms. The van der Waals surface area contributed by atoms with E-state index in [1.54, 1.807) is 30.3 Å². The summed E-state index contributed by atoms with van der Waals surface area (Å²) in [5, 5.41) is 2.99. The number of amides is 2. The summed E-state index contributed by atoms with van der Waals surface area (Å²) in [4.78, 5) is 42.9. The number of nitrogens with zero attached hydrogens (tertiary/aromatic N) is 2. The van der Waals surface area contributed by atoms with Crippen LogP contribution in [0.15, 0.2) is 89.6 Å². The molecule has 0 fully saturated rings. The molecule has 3 aromatic rings. The lowest BCUT2D eigenvalue weighted by atomic mass is 10.1. The standard InChI is InChI=1S/C26H20FN3O3S/c1-17(31)28-21-11-7-19(8-12-21)24(32)16-34-26-29-23(15-18-5-3-2-4-6-18)25(33)30(26)22-13-9-20(27)10-14-22/h2-15H,16H2,1H3,(H,28,31)/b23-15-. The van der Waals surface area contributed by atoms with Crippen molar-refractivity contribution in [2.75, 3.05) is 16.0 Å². The molecule has 3 aromatic carbocycles. The number of benzene rings is 3. The fraction of sp³-hybridized carbons (Fsp3) is 0.0769. The van der Waals surface area contributed by atoms with E-state index >= 15 is 0 Å². The molecule has 0 saturated carbocycles. The molecule has 4 rings (SSSR count). The molecule has 0 unspecified atom stereocenters. The van der Waals surface area contributed by atoms with Gasteiger partial charge >= 0.3 is 0 Å². The Labute approximate surface area is 200 Å². The zero-order valence-electron chi connectivity index (χ0n) is 18.2. The van der Waals surface area contributed by atoms with E-state index in [0.717, 1.165) is 17.3 Å². The average molecular weight is 474 g/mol. The van der Waals surface area contributed by atoms with Crippen molar-refractivity contribution < 1.29 is 18.8 Å². The molecule has 34 heavy (non-hydrogen) atoms. The van der Waals surface area contributed by atoms with Crippen molar-refractivity contribution in [3.8, 4) is 0 Å². The Hall–Kier alpha value is -4.04. The zero-order valence-corrected chi connectivity index (χ0v) is 19.0. The number of hydrogen-bond acceptors (Lipinski definition) is 5. The zero-order chi connectivity index (χ0) is 24.1. The summed E-state index contributed by atoms with van der Waals surface area (Å²) in [5.41, 5.74) is 2.57. The summed E-state index contributed by atoms with van der Waals surface area (Å²) in [5.74, 6) is -1.08. The number of halogens is 1. The summed E-state index contributed by atoms with van der Waals surface area (Å²) in [6.45, 7) is 1.41. The van der Waals surface area contributed by atoms with Crippen LogP contribution in [0.2, 0.25) is 0 Å². The largest absolute Gasteiger partial charge is 0.326 e. The van der Waals surface area contributed by atoms with Crippen molar-refractivity contribution in [2.24, 2.45) is 4.99 Å². The number of hydrogen-bond donors (Lipinski definition) is 1. The number of carbonyl (C=O) groups is 3. The van der Waals surface area contributed by atoms with Gasteiger partial charge in [0.2, 0.25) is 5.91 Å². The van der Waals surface area contributed by atoms with E-state index in [9.17, 15) is 18.8 Å². The second kappa shape index (κ2) is 10.3. The smallest absolute Gasteiger partial charge is 0.283 e. The molecular weight excluding hydrogens is 453 g/mol. The number of rotatable bonds is 6. The number of Topliss-reactive ketones (excluding diaryl/α,β-unsaturated/α-hetero) is 1. The predicted octanol–water partition coefficient (Wildman–Crippen LogP) is 5.14. The number of ketones is 1. The van der Waals surface area contributed by atoms with Crippen LogP contribution < -0.4 is 10.2 Å². The molecule has 1 aliphatic heterocycles. The van der Waals surface area contributed by atoms with Crippen molar-refractivity contribution in [1.82, 2.24) is 0 Å². The first-order chi connectivity index (χ1) is 16.4. The molecule has 0 radical (unpaired) electrons. The molecule has 1 heterocycles. The molecule has 1 aliphatic rings. The maximum Gasteiger partial charge on any atom is 0.283 e. The van der Waals surface area contributed by atoms with Crippen molar-refractivity contribution in [3.63, 3.8) is 0 Å². The fourth-order valence-electron chi connectivity index (χ4n) is 3.27. The quantitative estimate of drug-likeness (QED) is 0.397. The van der Waals surface area contributed by atoms with Crippen LogP contribution in [0.5, 0.6) is 0 Å². The molecule has 0 aliphatic carbocycles. The lowest BCUT2D eigenvalue weighted by Gasteiger charge is -2.17. The van der Waals surface area contributed by atoms with Crippen LogP contribution >= 0.6 is 11.8 Å². The van der Waals surface area contributed by atoms with Gasteiger partial charge in [0.05, 0.1) is 11.4 Å². The first-order valence-corrected chi connectivity index (χ1v) is 11.4. The third-order valence-corrected chi connectivity index (χ3v) is 5.82. The SMILES string of the molecule is CC(=O)Nc1ccc(C(=O)CSC2=N/C(=C\c3ccccc3)C(=O)N2c2ccc(F)cc2)cc1. The molecule has 0 aromatic heterocycles. The number of carbonyl (C=O) groups excluding carboxylic acids is 3. The van der Waals surface area contributed by atoms with Crippen LogP contribution in [0.3, 0.4) is 0 Å². The molecule has 0 saturated heterocycles. The fourth-order valence-corrected chi connectivity index (χ4v) is 4.18. The number of amidine groups is 1. The highest BCUT2D eigenvalue weighted by Gasteiger charge is 2.32. The van der Waals surface area contributed by atoms with Crippen molar-refractivity contribution >= 4 is 52.0 Å². The Bertz CT molecular complexity index is 1290. The Kier molecular flexibility index (Phi) is 6.98. The summed E-state index contributed by atoms with van der Waals surface area (Å²) in [7, 11) is 0. The van der Waals surface area contributed by atoms with Gasteiger partial charge in [-0.05, 0) is 60.2 Å². The summed E-state index contributed by atoms with van der Waals surface area (Å²) in [6, 6.07) is 21.4. The van der Waals surface area contributed by atoms with Gasteiger partial charge in [0.15, 0.2) is 11.0 Å². The van der Waals surface area contributed by atoms with Crippen LogP contribution in [0.4, 0.5) is 15.8 Å². The van der Waals surface area contributed by atoms with E-state index in [2.05, 4.69) is 10.3 Å². The van der Waals surface area contributed by atoms with Gasteiger partial charge in [-0.1, -0.05) is 42.1 Å². The van der Waals surface area contributed by atoms with E-state index in [1.165, 1.54) is 36.1 Å². The van der Waals surface area contributed by atoms with Gasteiger partial charge in [-0.2, -0.15) is 0 Å². The Balaban J connectivity index is 1.56. The topological polar surface area (TPSA) is 78.8 Å². The van der Waals surface area contributed by atoms with Crippen LogP contribution in [0, 0.1) is 5.82 Å². The van der Waals surface area contributed by atoms with Gasteiger partial charge < -0.3 is 5.32 Å². The minimum atomic E-state index is -0.417. The van der Waals surface area contributed by atoms with Crippen LogP contribution in [0.25, 0.3) is 6.08 Å². The van der Waals surface area contributed by atoms with Gasteiger partial charge in [-0.25, -0.2) is 9.38 Å². The molecule has 0 spiro atoms. The normalized spacial score (nSPS) is 14.3. The average Bonchev–Trinajstić information content (AvgIpc) is 3.13. The van der Waals surface area contributed by atoms with Gasteiger partial charge in [0.25, 0.3) is 5.91 Å². The maximum atomic E-state index is 13.5. The van der Waals surface area contributed by atoms with Crippen molar-refractivity contribution in [2.45, 2.75) is 6.92 Å². The first-order valence-electron chi connectivity index (χ1n) is 10.4. The number of anilines is 2. The minimum Gasteiger partial charge on any atom is -0.326 e. The molecule has 6 nitrogen and oxygen atoms in total. The lowest BCUT2D eigenvalue weighted by Crippen LogP contribution is -2.30. The van der Waals surface area contributed by atoms with E-state index < -0.39 is 5.82 Å². The van der Waals surface area contributed by atoms with Crippen LogP contribution in [0.1, 0.15) is 22.8 Å². The van der Waals surface area contributed by atoms with E-state index in [4.69, 9.17) is 0 Å². The molecule has 1 N–H and O–H groups in total. The highest BCUT2D eigenvalue weighted by molar-refractivity contribution is 8.14. The van der Waals surface area contributed by atoms with E-state index in [1.807, 2.05) is 30.3 Å². The van der Waals surface area contributed by atoms with Crippen LogP contribution in [-0.4, -0.2) is 28.5 Å². The highest BCUT2D eigenvalue weighted by atomic mass is 32.2. The number of nitrogens with one attached hydrogen (secondary N) is 1. The third kappa shape index (κ3) is 5.47. The highest BCUT2D eigenvalue weighted by Crippen LogP contribution is 2.30. The van der Waals surface area contributed by atoms with Gasteiger partial charge in [-0.3, -0.25) is 19.3 Å². The monoisotopic (exact) mass is 473 g/mol. The lowest BCUT2D eigenvalue weighted by molar-refractivity contribution is -0.114. The van der Waals surface area contributed by atoms with Crippen LogP contribution in [-0.2, 0) is 9.59 Å². The van der Waals surface area contributed by atoms with Gasteiger partial charge in [0.1, 0.15) is 11.5 Å². The summed E-state index contributed by atoms with van der Waals surface area (Å²) < 4.78 is 13.5. The second-order valence-corrected chi connectivity index (χ2v) is 8.36. The predicted molar refractivity (Wildman–Crippen MR) is 133 cm³/mol. The minimum absolute atomic E-state index is 0.0436. The second-order valence-electron chi connectivity index (χ2n) is 7.42. The molecule has 8 heteroatoms. The van der Waals surface area contributed by atoms with Crippen molar-refractivity contribution in [1.29, 1.82) is 0 Å². The Morgan fingerprint density at radius 1 is 1.00 bits per heavy atom. The maximum absolute atomic E-state index is 13.5. The number of aliphatic imine (C=N–C) groups is 1. The first kappa shape index (κ1) is 23.1. The summed E-state index contributed by atoms with van der Waals surface area (Å²) in [6.07, 6.45) is 1.68. The molecule has 2 amide bonds. The molecule has 170 valence electrons. The summed E-state index contributed by atoms with van der Waals surface area (Å²) >= 11 is 1.13. The van der Waals surface area contributed by atoms with E-state index in [-0.39, 0.29) is 29.0 Å². The Morgan fingerprint density at radius 2 is 1.68 bits per heavy atom. The van der Waals surface area contributed by atoms with E-state index in [0.29, 0.717) is 22.1 Å². The van der Waals surface area contributed by atoms with Crippen molar-refractivity contribution in [3.05, 3.63) is 102 Å². The molecular formula is C26H20FN3O3S. The molecule has 0 atom stereocenters. The Morgan fingerprint density at radius 3 is 2.32 bits per heavy atom. The van der Waals surface area contributed by atoms with Gasteiger partial charge in [0, 0.05) is 18.2 Å². The van der Waals surface area contributed by atoms with Gasteiger partial charge in [-0.15, -0.1) is 0 Å².